The Morgan fingerprint density at radius 2 is 1.75 bits per heavy atom. The molecule has 0 unspecified atom stereocenters. The van der Waals surface area contributed by atoms with Gasteiger partial charge in [0.15, 0.2) is 0 Å². The number of imide groups is 1. The van der Waals surface area contributed by atoms with Crippen LogP contribution in [0, 0.1) is 11.3 Å². The maximum atomic E-state index is 13.3. The molecule has 2 aromatic carbocycles. The standard InChI is InChI=1S/C22H17N3O3/c1-15(26)25(18-6-4-3-5-7-18)22(27)20-12-19(28-2)14-24-21(20)17-10-8-16(13-23)9-11-17/h3-12,14H,1-2H3. The first-order valence-electron chi connectivity index (χ1n) is 8.49. The Morgan fingerprint density at radius 1 is 1.07 bits per heavy atom. The number of hydrogen-bond acceptors (Lipinski definition) is 5. The van der Waals surface area contributed by atoms with Crippen molar-refractivity contribution in [3.05, 3.63) is 78.0 Å². The van der Waals surface area contributed by atoms with Crippen molar-refractivity contribution in [3.63, 3.8) is 0 Å². The van der Waals surface area contributed by atoms with E-state index in [0.29, 0.717) is 28.3 Å². The van der Waals surface area contributed by atoms with Crippen LogP contribution in [0.1, 0.15) is 22.8 Å². The van der Waals surface area contributed by atoms with Crippen molar-refractivity contribution in [1.29, 1.82) is 5.26 Å². The van der Waals surface area contributed by atoms with Crippen LogP contribution < -0.4 is 9.64 Å². The van der Waals surface area contributed by atoms with Crippen LogP contribution in [0.5, 0.6) is 5.75 Å². The molecule has 0 N–H and O–H groups in total. The largest absolute Gasteiger partial charge is 0.495 e. The highest BCUT2D eigenvalue weighted by atomic mass is 16.5. The van der Waals surface area contributed by atoms with Gasteiger partial charge in [-0.05, 0) is 30.3 Å². The number of ether oxygens (including phenoxy) is 1. The smallest absolute Gasteiger partial charge is 0.267 e. The van der Waals surface area contributed by atoms with Gasteiger partial charge in [0.2, 0.25) is 5.91 Å². The number of carbonyl (C=O) groups excluding carboxylic acids is 2. The van der Waals surface area contributed by atoms with Gasteiger partial charge in [0.1, 0.15) is 5.75 Å². The van der Waals surface area contributed by atoms with E-state index < -0.39 is 11.8 Å². The molecule has 0 aliphatic rings. The van der Waals surface area contributed by atoms with E-state index in [0.717, 1.165) is 4.90 Å². The molecule has 138 valence electrons. The molecule has 0 saturated carbocycles. The highest BCUT2D eigenvalue weighted by Crippen LogP contribution is 2.28. The number of amides is 2. The van der Waals surface area contributed by atoms with E-state index in [2.05, 4.69) is 11.1 Å². The van der Waals surface area contributed by atoms with Crippen LogP contribution in [-0.4, -0.2) is 23.9 Å². The number of methoxy groups -OCH3 is 1. The molecule has 3 rings (SSSR count). The topological polar surface area (TPSA) is 83.3 Å². The van der Waals surface area contributed by atoms with Crippen molar-refractivity contribution >= 4 is 17.5 Å². The number of nitrogens with zero attached hydrogens (tertiary/aromatic N) is 3. The second kappa shape index (κ2) is 8.14. The first kappa shape index (κ1) is 18.8. The molecule has 0 aliphatic carbocycles. The molecule has 3 aromatic rings. The third-order valence-electron chi connectivity index (χ3n) is 4.15. The maximum absolute atomic E-state index is 13.3. The molecular weight excluding hydrogens is 354 g/mol. The number of anilines is 1. The number of benzene rings is 2. The second-order valence-electron chi connectivity index (χ2n) is 5.96. The van der Waals surface area contributed by atoms with Crippen LogP contribution in [-0.2, 0) is 4.79 Å². The summed E-state index contributed by atoms with van der Waals surface area (Å²) in [4.78, 5) is 31.1. The van der Waals surface area contributed by atoms with Gasteiger partial charge in [-0.25, -0.2) is 4.90 Å². The van der Waals surface area contributed by atoms with Gasteiger partial charge in [-0.1, -0.05) is 30.3 Å². The summed E-state index contributed by atoms with van der Waals surface area (Å²) < 4.78 is 5.22. The van der Waals surface area contributed by atoms with Gasteiger partial charge in [-0.3, -0.25) is 14.6 Å². The van der Waals surface area contributed by atoms with Crippen LogP contribution in [0.4, 0.5) is 5.69 Å². The van der Waals surface area contributed by atoms with Gasteiger partial charge < -0.3 is 4.74 Å². The minimum absolute atomic E-state index is 0.225. The molecular formula is C22H17N3O3. The summed E-state index contributed by atoms with van der Waals surface area (Å²) in [5.74, 6) is -0.522. The lowest BCUT2D eigenvalue weighted by molar-refractivity contribution is -0.115. The zero-order valence-electron chi connectivity index (χ0n) is 15.4. The maximum Gasteiger partial charge on any atom is 0.267 e. The summed E-state index contributed by atoms with van der Waals surface area (Å²) in [6.45, 7) is 1.33. The second-order valence-corrected chi connectivity index (χ2v) is 5.96. The van der Waals surface area contributed by atoms with Crippen LogP contribution in [0.2, 0.25) is 0 Å². The van der Waals surface area contributed by atoms with Crippen LogP contribution in [0.3, 0.4) is 0 Å². The highest BCUT2D eigenvalue weighted by Gasteiger charge is 2.25. The van der Waals surface area contributed by atoms with Gasteiger partial charge in [-0.15, -0.1) is 0 Å². The van der Waals surface area contributed by atoms with Crippen LogP contribution >= 0.6 is 0 Å². The van der Waals surface area contributed by atoms with E-state index in [9.17, 15) is 9.59 Å². The summed E-state index contributed by atoms with van der Waals surface area (Å²) in [6, 6.07) is 19.0. The summed E-state index contributed by atoms with van der Waals surface area (Å²) in [5.41, 5.74) is 2.25. The lowest BCUT2D eigenvalue weighted by atomic mass is 10.0. The fourth-order valence-electron chi connectivity index (χ4n) is 2.79. The van der Waals surface area contributed by atoms with Crippen molar-refractivity contribution in [2.45, 2.75) is 6.92 Å². The third-order valence-corrected chi connectivity index (χ3v) is 4.15. The Morgan fingerprint density at radius 3 is 2.32 bits per heavy atom. The summed E-state index contributed by atoms with van der Waals surface area (Å²) >= 11 is 0. The SMILES string of the molecule is COc1cnc(-c2ccc(C#N)cc2)c(C(=O)N(C(C)=O)c2ccccc2)c1. The Bertz CT molecular complexity index is 1050. The summed E-state index contributed by atoms with van der Waals surface area (Å²) in [6.07, 6.45) is 1.50. The fraction of sp³-hybridized carbons (Fsp3) is 0.0909. The van der Waals surface area contributed by atoms with E-state index in [4.69, 9.17) is 10.00 Å². The van der Waals surface area contributed by atoms with Crippen molar-refractivity contribution in [1.82, 2.24) is 4.98 Å². The van der Waals surface area contributed by atoms with E-state index >= 15 is 0 Å². The molecule has 28 heavy (non-hydrogen) atoms. The quantitative estimate of drug-likeness (QED) is 0.696. The van der Waals surface area contributed by atoms with E-state index in [-0.39, 0.29) is 5.56 Å². The summed E-state index contributed by atoms with van der Waals surface area (Å²) in [5, 5.41) is 8.99. The predicted molar refractivity (Wildman–Crippen MR) is 105 cm³/mol. The van der Waals surface area contributed by atoms with Gasteiger partial charge in [0.05, 0.1) is 41.9 Å². The first-order valence-corrected chi connectivity index (χ1v) is 8.49. The monoisotopic (exact) mass is 371 g/mol. The molecule has 0 fully saturated rings. The molecule has 0 aliphatic heterocycles. The number of carbonyl (C=O) groups is 2. The zero-order chi connectivity index (χ0) is 20.1. The Balaban J connectivity index is 2.14. The molecule has 2 amide bonds. The van der Waals surface area contributed by atoms with Crippen molar-refractivity contribution < 1.29 is 14.3 Å². The van der Waals surface area contributed by atoms with Gasteiger partial charge in [0.25, 0.3) is 5.91 Å². The highest BCUT2D eigenvalue weighted by molar-refractivity contribution is 6.22. The third kappa shape index (κ3) is 3.74. The fourth-order valence-corrected chi connectivity index (χ4v) is 2.79. The lowest BCUT2D eigenvalue weighted by Crippen LogP contribution is -2.35. The van der Waals surface area contributed by atoms with Crippen LogP contribution in [0.15, 0.2) is 66.9 Å². The minimum Gasteiger partial charge on any atom is -0.495 e. The average Bonchev–Trinajstić information content (AvgIpc) is 2.74. The van der Waals surface area contributed by atoms with Gasteiger partial charge in [-0.2, -0.15) is 5.26 Å². The molecule has 0 bridgehead atoms. The van der Waals surface area contributed by atoms with E-state index in [1.165, 1.54) is 20.2 Å². The summed E-state index contributed by atoms with van der Waals surface area (Å²) in [7, 11) is 1.48. The minimum atomic E-state index is -0.510. The molecule has 6 nitrogen and oxygen atoms in total. The Kier molecular flexibility index (Phi) is 5.47. The number of nitriles is 1. The van der Waals surface area contributed by atoms with E-state index in [1.54, 1.807) is 54.6 Å². The Labute approximate surface area is 162 Å². The molecule has 0 spiro atoms. The number of para-hydroxylation sites is 1. The molecule has 0 radical (unpaired) electrons. The van der Waals surface area contributed by atoms with Crippen molar-refractivity contribution in [2.75, 3.05) is 12.0 Å². The number of rotatable bonds is 4. The molecule has 1 heterocycles. The zero-order valence-corrected chi connectivity index (χ0v) is 15.4. The number of hydrogen-bond donors (Lipinski definition) is 0. The van der Waals surface area contributed by atoms with E-state index in [1.807, 2.05) is 6.07 Å². The van der Waals surface area contributed by atoms with Crippen molar-refractivity contribution in [2.24, 2.45) is 0 Å². The van der Waals surface area contributed by atoms with Crippen LogP contribution in [0.25, 0.3) is 11.3 Å². The Hall–Kier alpha value is -3.98. The first-order chi connectivity index (χ1) is 13.5. The molecule has 1 aromatic heterocycles. The van der Waals surface area contributed by atoms with Gasteiger partial charge >= 0.3 is 0 Å². The number of aromatic nitrogens is 1. The molecule has 0 atom stereocenters. The lowest BCUT2D eigenvalue weighted by Gasteiger charge is -2.21. The number of pyridine rings is 1. The predicted octanol–water partition coefficient (Wildman–Crippen LogP) is 3.82. The van der Waals surface area contributed by atoms with Crippen molar-refractivity contribution in [3.8, 4) is 23.1 Å². The molecule has 6 heteroatoms. The normalized spacial score (nSPS) is 10.0. The molecule has 0 saturated heterocycles. The average molecular weight is 371 g/mol. The van der Waals surface area contributed by atoms with Gasteiger partial charge in [0, 0.05) is 12.5 Å².